The summed E-state index contributed by atoms with van der Waals surface area (Å²) < 4.78 is 13.4. The van der Waals surface area contributed by atoms with Gasteiger partial charge >= 0.3 is 0 Å². The molecule has 0 saturated heterocycles. The lowest BCUT2D eigenvalue weighted by Crippen LogP contribution is -1.89. The van der Waals surface area contributed by atoms with Gasteiger partial charge in [-0.25, -0.2) is 0 Å². The lowest BCUT2D eigenvalue weighted by atomic mass is 10.3. The normalized spacial score (nSPS) is 10.8. The highest BCUT2D eigenvalue weighted by molar-refractivity contribution is 7.17. The molecule has 2 aromatic rings. The molecule has 0 amide bonds. The van der Waals surface area contributed by atoms with E-state index < -0.39 is 0 Å². The van der Waals surface area contributed by atoms with Gasteiger partial charge in [-0.1, -0.05) is 0 Å². The van der Waals surface area contributed by atoms with E-state index in [0.29, 0.717) is 11.2 Å². The number of hydrogen-bond acceptors (Lipinski definition) is 2. The van der Waals surface area contributed by atoms with Crippen LogP contribution in [-0.2, 0) is 0 Å². The van der Waals surface area contributed by atoms with Gasteiger partial charge < -0.3 is 4.98 Å². The Bertz CT molecular complexity index is 411. The molecule has 2 rings (SSSR count). The van der Waals surface area contributed by atoms with Crippen LogP contribution < -0.4 is 0 Å². The first-order valence-corrected chi connectivity index (χ1v) is 4.27. The number of carbonyl (C=O) groups excluding carboxylic acids is 1. The van der Waals surface area contributed by atoms with E-state index >= 15 is 0 Å². The summed E-state index contributed by atoms with van der Waals surface area (Å²) in [5, 5.41) is -0.230. The number of Topliss-reactive ketones (excluding diaryl/α,β-unsaturated/α-hetero) is 1. The van der Waals surface area contributed by atoms with E-state index in [1.165, 1.54) is 13.0 Å². The minimum Gasteiger partial charge on any atom is -0.351 e. The number of nitrogens with one attached hydrogen (secondary N) is 1. The van der Waals surface area contributed by atoms with Crippen LogP contribution in [-0.4, -0.2) is 10.8 Å². The summed E-state index contributed by atoms with van der Waals surface area (Å²) in [7, 11) is 0. The number of aromatic nitrogens is 1. The number of aromatic amines is 1. The number of H-pyrrole nitrogens is 1. The minimum absolute atomic E-state index is 0.0289. The number of ketones is 1. The number of hydrogen-bond donors (Lipinski definition) is 1. The highest BCUT2D eigenvalue weighted by atomic mass is 32.1. The van der Waals surface area contributed by atoms with Gasteiger partial charge in [0.25, 0.3) is 0 Å². The highest BCUT2D eigenvalue weighted by Crippen LogP contribution is 2.24. The molecule has 0 aliphatic rings. The largest absolute Gasteiger partial charge is 0.351 e. The molecule has 0 atom stereocenters. The lowest BCUT2D eigenvalue weighted by molar-refractivity contribution is 0.101. The van der Waals surface area contributed by atoms with Crippen molar-refractivity contribution in [3.63, 3.8) is 0 Å². The van der Waals surface area contributed by atoms with Gasteiger partial charge in [0, 0.05) is 13.0 Å². The Hall–Kier alpha value is -1.16. The maximum Gasteiger partial charge on any atom is 0.179 e. The summed E-state index contributed by atoms with van der Waals surface area (Å²) in [6.45, 7) is 1.48. The van der Waals surface area contributed by atoms with Crippen molar-refractivity contribution in [1.29, 1.82) is 0 Å². The van der Waals surface area contributed by atoms with Crippen molar-refractivity contribution in [2.75, 3.05) is 0 Å². The van der Waals surface area contributed by atoms with Crippen LogP contribution >= 0.6 is 11.3 Å². The Balaban J connectivity index is 2.64. The van der Waals surface area contributed by atoms with Gasteiger partial charge in [0.05, 0.1) is 15.9 Å². The molecule has 0 spiro atoms. The molecule has 0 fully saturated rings. The molecule has 0 bridgehead atoms. The number of fused-ring (bicyclic) bond motifs is 1. The van der Waals surface area contributed by atoms with Gasteiger partial charge in [-0.15, -0.1) is 11.3 Å². The molecule has 1 N–H and O–H groups in total. The standard InChI is InChI=1S/C8H6FNOS/c1-4(11)5-2-7-6(10-5)3-8(9)12-7/h2-3,10H,1H3. The molecule has 2 heterocycles. The Morgan fingerprint density at radius 2 is 2.33 bits per heavy atom. The number of carbonyl (C=O) groups is 1. The average molecular weight is 183 g/mol. The Morgan fingerprint density at radius 3 is 2.92 bits per heavy atom. The smallest absolute Gasteiger partial charge is 0.179 e. The highest BCUT2D eigenvalue weighted by Gasteiger charge is 2.07. The van der Waals surface area contributed by atoms with Crippen molar-refractivity contribution >= 4 is 27.3 Å². The molecule has 0 aromatic carbocycles. The summed E-state index contributed by atoms with van der Waals surface area (Å²) in [6, 6.07) is 3.07. The average Bonchev–Trinajstić information content (AvgIpc) is 2.42. The first-order valence-electron chi connectivity index (χ1n) is 3.46. The minimum atomic E-state index is -0.230. The molecule has 0 radical (unpaired) electrons. The topological polar surface area (TPSA) is 32.9 Å². The predicted octanol–water partition coefficient (Wildman–Crippen LogP) is 2.57. The van der Waals surface area contributed by atoms with Crippen molar-refractivity contribution in [2.24, 2.45) is 0 Å². The molecule has 4 heteroatoms. The van der Waals surface area contributed by atoms with Gasteiger partial charge in [-0.05, 0) is 6.07 Å². The summed E-state index contributed by atoms with van der Waals surface area (Å²) >= 11 is 1.04. The predicted molar refractivity (Wildman–Crippen MR) is 46.1 cm³/mol. The third kappa shape index (κ3) is 1.04. The fourth-order valence-electron chi connectivity index (χ4n) is 1.08. The zero-order valence-electron chi connectivity index (χ0n) is 6.35. The van der Waals surface area contributed by atoms with Crippen molar-refractivity contribution in [1.82, 2.24) is 4.98 Å². The molecule has 0 aliphatic heterocycles. The molecule has 0 aliphatic carbocycles. The number of rotatable bonds is 1. The van der Waals surface area contributed by atoms with Crippen molar-refractivity contribution in [2.45, 2.75) is 6.92 Å². The first kappa shape index (κ1) is 7.49. The molecule has 0 saturated carbocycles. The van der Waals surface area contributed by atoms with E-state index in [1.54, 1.807) is 6.07 Å². The van der Waals surface area contributed by atoms with Crippen LogP contribution in [0.4, 0.5) is 4.39 Å². The second-order valence-corrected chi connectivity index (χ2v) is 3.60. The Morgan fingerprint density at radius 1 is 1.58 bits per heavy atom. The molecule has 12 heavy (non-hydrogen) atoms. The van der Waals surface area contributed by atoms with E-state index in [2.05, 4.69) is 4.98 Å². The van der Waals surface area contributed by atoms with Crippen LogP contribution in [0.2, 0.25) is 0 Å². The van der Waals surface area contributed by atoms with Gasteiger partial charge in [-0.3, -0.25) is 4.79 Å². The molecular weight excluding hydrogens is 177 g/mol. The zero-order chi connectivity index (χ0) is 8.72. The summed E-state index contributed by atoms with van der Waals surface area (Å²) in [4.78, 5) is 13.7. The van der Waals surface area contributed by atoms with Crippen LogP contribution in [0.3, 0.4) is 0 Å². The van der Waals surface area contributed by atoms with E-state index in [0.717, 1.165) is 16.0 Å². The lowest BCUT2D eigenvalue weighted by Gasteiger charge is -1.84. The third-order valence-corrected chi connectivity index (χ3v) is 2.53. The Kier molecular flexibility index (Phi) is 1.51. The fourth-order valence-corrected chi connectivity index (χ4v) is 1.86. The molecular formula is C8H6FNOS. The second kappa shape index (κ2) is 2.42. The van der Waals surface area contributed by atoms with Crippen LogP contribution in [0.25, 0.3) is 10.2 Å². The first-order chi connectivity index (χ1) is 5.66. The molecule has 2 nitrogen and oxygen atoms in total. The molecule has 62 valence electrons. The van der Waals surface area contributed by atoms with Crippen molar-refractivity contribution < 1.29 is 9.18 Å². The summed E-state index contributed by atoms with van der Waals surface area (Å²) in [6.07, 6.45) is 0. The van der Waals surface area contributed by atoms with Gasteiger partial charge in [0.2, 0.25) is 0 Å². The maximum atomic E-state index is 12.6. The fraction of sp³-hybridized carbons (Fsp3) is 0.125. The van der Waals surface area contributed by atoms with E-state index in [1.807, 2.05) is 0 Å². The monoisotopic (exact) mass is 183 g/mol. The van der Waals surface area contributed by atoms with Crippen LogP contribution in [0.5, 0.6) is 0 Å². The second-order valence-electron chi connectivity index (χ2n) is 2.57. The van der Waals surface area contributed by atoms with Crippen LogP contribution in [0, 0.1) is 5.13 Å². The van der Waals surface area contributed by atoms with Crippen molar-refractivity contribution in [3.8, 4) is 0 Å². The zero-order valence-corrected chi connectivity index (χ0v) is 7.17. The Labute approximate surface area is 72.0 Å². The van der Waals surface area contributed by atoms with E-state index in [4.69, 9.17) is 0 Å². The van der Waals surface area contributed by atoms with Crippen molar-refractivity contribution in [3.05, 3.63) is 23.0 Å². The van der Waals surface area contributed by atoms with E-state index in [-0.39, 0.29) is 10.9 Å². The summed E-state index contributed by atoms with van der Waals surface area (Å²) in [5.74, 6) is -0.0289. The maximum absolute atomic E-state index is 12.6. The molecule has 0 unspecified atom stereocenters. The SMILES string of the molecule is CC(=O)c1cc2sc(F)cc2[nH]1. The van der Waals surface area contributed by atoms with Gasteiger partial charge in [0.1, 0.15) is 0 Å². The quantitative estimate of drug-likeness (QED) is 0.677. The molecule has 2 aromatic heterocycles. The van der Waals surface area contributed by atoms with Gasteiger partial charge in [0.15, 0.2) is 10.9 Å². The summed E-state index contributed by atoms with van der Waals surface area (Å²) in [5.41, 5.74) is 1.24. The number of thiophene rings is 1. The van der Waals surface area contributed by atoms with Crippen LogP contribution in [0.1, 0.15) is 17.4 Å². The number of halogens is 1. The van der Waals surface area contributed by atoms with Gasteiger partial charge in [-0.2, -0.15) is 4.39 Å². The van der Waals surface area contributed by atoms with E-state index in [9.17, 15) is 9.18 Å². The third-order valence-electron chi connectivity index (χ3n) is 1.65. The van der Waals surface area contributed by atoms with Crippen LogP contribution in [0.15, 0.2) is 12.1 Å².